The SMILES string of the molecule is Cc1ccc(OCc2nnc(SCc3cn4ccccc4n3)n2C)cc1C. The molecule has 6 nitrogen and oxygen atoms in total. The van der Waals surface area contributed by atoms with E-state index in [2.05, 4.69) is 35.1 Å². The first-order valence-corrected chi connectivity index (χ1v) is 9.72. The molecule has 0 amide bonds. The molecule has 0 aliphatic heterocycles. The lowest BCUT2D eigenvalue weighted by Gasteiger charge is -2.08. The maximum absolute atomic E-state index is 5.88. The summed E-state index contributed by atoms with van der Waals surface area (Å²) in [6.07, 6.45) is 4.05. The summed E-state index contributed by atoms with van der Waals surface area (Å²) in [5.74, 6) is 2.39. The number of hydrogen-bond donors (Lipinski definition) is 0. The number of aryl methyl sites for hydroxylation is 2. The topological polar surface area (TPSA) is 57.2 Å². The molecular weight excluding hydrogens is 358 g/mol. The second kappa shape index (κ2) is 7.44. The number of nitrogens with zero attached hydrogens (tertiary/aromatic N) is 5. The lowest BCUT2D eigenvalue weighted by atomic mass is 10.1. The van der Waals surface area contributed by atoms with Gasteiger partial charge in [-0.1, -0.05) is 23.9 Å². The zero-order chi connectivity index (χ0) is 18.8. The Kier molecular flexibility index (Phi) is 4.85. The van der Waals surface area contributed by atoms with E-state index in [0.717, 1.165) is 33.8 Å². The fourth-order valence-electron chi connectivity index (χ4n) is 2.74. The number of rotatable bonds is 6. The number of aromatic nitrogens is 5. The van der Waals surface area contributed by atoms with E-state index in [1.165, 1.54) is 11.1 Å². The fourth-order valence-corrected chi connectivity index (χ4v) is 3.56. The van der Waals surface area contributed by atoms with Gasteiger partial charge in [0.2, 0.25) is 0 Å². The van der Waals surface area contributed by atoms with Crippen molar-refractivity contribution in [1.82, 2.24) is 24.1 Å². The summed E-state index contributed by atoms with van der Waals surface area (Å²) in [5.41, 5.74) is 4.44. The van der Waals surface area contributed by atoms with Gasteiger partial charge in [-0.25, -0.2) is 4.98 Å². The predicted octanol–water partition coefficient (Wildman–Crippen LogP) is 3.95. The van der Waals surface area contributed by atoms with Crippen molar-refractivity contribution < 1.29 is 4.74 Å². The Hall–Kier alpha value is -2.80. The highest BCUT2D eigenvalue weighted by atomic mass is 32.2. The van der Waals surface area contributed by atoms with E-state index in [9.17, 15) is 0 Å². The van der Waals surface area contributed by atoms with Crippen molar-refractivity contribution in [2.24, 2.45) is 7.05 Å². The molecule has 0 bridgehead atoms. The third-order valence-electron chi connectivity index (χ3n) is 4.53. The Labute approximate surface area is 162 Å². The van der Waals surface area contributed by atoms with Crippen LogP contribution in [0.15, 0.2) is 53.9 Å². The van der Waals surface area contributed by atoms with E-state index >= 15 is 0 Å². The van der Waals surface area contributed by atoms with Gasteiger partial charge in [0.25, 0.3) is 0 Å². The number of hydrogen-bond acceptors (Lipinski definition) is 5. The van der Waals surface area contributed by atoms with E-state index in [-0.39, 0.29) is 0 Å². The lowest BCUT2D eigenvalue weighted by Crippen LogP contribution is -2.04. The van der Waals surface area contributed by atoms with Crippen LogP contribution in [0, 0.1) is 13.8 Å². The first-order valence-electron chi connectivity index (χ1n) is 8.74. The molecular formula is C20H21N5OS. The van der Waals surface area contributed by atoms with Gasteiger partial charge in [-0.05, 0) is 49.2 Å². The molecule has 0 saturated heterocycles. The molecule has 0 atom stereocenters. The van der Waals surface area contributed by atoms with Gasteiger partial charge in [0.05, 0.1) is 5.69 Å². The minimum absolute atomic E-state index is 0.390. The molecule has 1 aromatic carbocycles. The molecule has 3 aromatic heterocycles. The molecule has 7 heteroatoms. The maximum atomic E-state index is 5.88. The number of thioether (sulfide) groups is 1. The number of pyridine rings is 1. The quantitative estimate of drug-likeness (QED) is 0.475. The summed E-state index contributed by atoms with van der Waals surface area (Å²) in [6.45, 7) is 4.56. The minimum Gasteiger partial charge on any atom is -0.486 e. The highest BCUT2D eigenvalue weighted by Crippen LogP contribution is 2.22. The van der Waals surface area contributed by atoms with Gasteiger partial charge in [-0.2, -0.15) is 0 Å². The van der Waals surface area contributed by atoms with Crippen molar-refractivity contribution in [3.63, 3.8) is 0 Å². The molecule has 0 saturated carbocycles. The van der Waals surface area contributed by atoms with Crippen molar-refractivity contribution in [1.29, 1.82) is 0 Å². The Bertz CT molecular complexity index is 1050. The summed E-state index contributed by atoms with van der Waals surface area (Å²) in [7, 11) is 1.96. The van der Waals surface area contributed by atoms with E-state index < -0.39 is 0 Å². The summed E-state index contributed by atoms with van der Waals surface area (Å²) >= 11 is 1.62. The average Bonchev–Trinajstić information content (AvgIpc) is 3.24. The molecule has 4 rings (SSSR count). The second-order valence-corrected chi connectivity index (χ2v) is 7.42. The molecule has 0 spiro atoms. The van der Waals surface area contributed by atoms with Crippen LogP contribution in [0.1, 0.15) is 22.6 Å². The summed E-state index contributed by atoms with van der Waals surface area (Å²) in [4.78, 5) is 4.62. The Morgan fingerprint density at radius 2 is 1.96 bits per heavy atom. The Morgan fingerprint density at radius 1 is 1.07 bits per heavy atom. The third-order valence-corrected chi connectivity index (χ3v) is 5.59. The molecule has 0 N–H and O–H groups in total. The maximum Gasteiger partial charge on any atom is 0.191 e. The van der Waals surface area contributed by atoms with Gasteiger partial charge in [-0.3, -0.25) is 0 Å². The van der Waals surface area contributed by atoms with Crippen LogP contribution in [-0.2, 0) is 19.4 Å². The number of fused-ring (bicyclic) bond motifs is 1. The Morgan fingerprint density at radius 3 is 2.78 bits per heavy atom. The zero-order valence-electron chi connectivity index (χ0n) is 15.6. The first-order chi connectivity index (χ1) is 13.1. The molecule has 0 unspecified atom stereocenters. The molecule has 0 radical (unpaired) electrons. The van der Waals surface area contributed by atoms with Crippen molar-refractivity contribution in [3.8, 4) is 5.75 Å². The van der Waals surface area contributed by atoms with Crippen molar-refractivity contribution in [3.05, 3.63) is 71.4 Å². The fraction of sp³-hybridized carbons (Fsp3) is 0.250. The van der Waals surface area contributed by atoms with Gasteiger partial charge < -0.3 is 13.7 Å². The lowest BCUT2D eigenvalue weighted by molar-refractivity contribution is 0.290. The normalized spacial score (nSPS) is 11.2. The summed E-state index contributed by atoms with van der Waals surface area (Å²) in [5, 5.41) is 9.41. The van der Waals surface area contributed by atoms with Crippen LogP contribution < -0.4 is 4.74 Å². The number of ether oxygens (including phenoxy) is 1. The van der Waals surface area contributed by atoms with E-state index in [4.69, 9.17) is 4.74 Å². The van der Waals surface area contributed by atoms with Crippen molar-refractivity contribution in [2.45, 2.75) is 31.4 Å². The van der Waals surface area contributed by atoms with Gasteiger partial charge in [0.15, 0.2) is 11.0 Å². The molecule has 138 valence electrons. The third kappa shape index (κ3) is 3.83. The standard InChI is InChI=1S/C20H21N5OS/c1-14-7-8-17(10-15(14)2)26-12-19-22-23-20(24(19)3)27-13-16-11-25-9-5-4-6-18(25)21-16/h4-11H,12-13H2,1-3H3. The van der Waals surface area contributed by atoms with E-state index in [1.54, 1.807) is 11.8 Å². The molecule has 0 aliphatic rings. The molecule has 27 heavy (non-hydrogen) atoms. The molecule has 0 fully saturated rings. The molecule has 0 aliphatic carbocycles. The van der Waals surface area contributed by atoms with Crippen molar-refractivity contribution >= 4 is 17.4 Å². The van der Waals surface area contributed by atoms with Crippen LogP contribution in [0.2, 0.25) is 0 Å². The van der Waals surface area contributed by atoms with E-state index in [1.807, 2.05) is 58.7 Å². The van der Waals surface area contributed by atoms with Gasteiger partial charge >= 0.3 is 0 Å². The van der Waals surface area contributed by atoms with Crippen molar-refractivity contribution in [2.75, 3.05) is 0 Å². The smallest absolute Gasteiger partial charge is 0.191 e. The highest BCUT2D eigenvalue weighted by Gasteiger charge is 2.11. The number of imidazole rings is 1. The average molecular weight is 379 g/mol. The van der Waals surface area contributed by atoms with E-state index in [0.29, 0.717) is 6.61 Å². The largest absolute Gasteiger partial charge is 0.486 e. The monoisotopic (exact) mass is 379 g/mol. The molecule has 3 heterocycles. The summed E-state index contributed by atoms with van der Waals surface area (Å²) in [6, 6.07) is 12.1. The predicted molar refractivity (Wildman–Crippen MR) is 106 cm³/mol. The van der Waals surface area contributed by atoms with Crippen LogP contribution >= 0.6 is 11.8 Å². The van der Waals surface area contributed by atoms with Crippen LogP contribution in [-0.4, -0.2) is 24.1 Å². The second-order valence-electron chi connectivity index (χ2n) is 6.48. The Balaban J connectivity index is 1.40. The zero-order valence-corrected chi connectivity index (χ0v) is 16.4. The first kappa shape index (κ1) is 17.6. The minimum atomic E-state index is 0.390. The van der Waals surface area contributed by atoms with Gasteiger partial charge in [-0.15, -0.1) is 10.2 Å². The van der Waals surface area contributed by atoms with Crippen LogP contribution in [0.4, 0.5) is 0 Å². The van der Waals surface area contributed by atoms with Gasteiger partial charge in [0.1, 0.15) is 18.0 Å². The van der Waals surface area contributed by atoms with Crippen LogP contribution in [0.5, 0.6) is 5.75 Å². The van der Waals surface area contributed by atoms with Crippen LogP contribution in [0.3, 0.4) is 0 Å². The molecule has 4 aromatic rings. The summed E-state index contributed by atoms with van der Waals surface area (Å²) < 4.78 is 9.87. The highest BCUT2D eigenvalue weighted by molar-refractivity contribution is 7.98. The van der Waals surface area contributed by atoms with Gasteiger partial charge in [0, 0.05) is 25.2 Å². The van der Waals surface area contributed by atoms with Crippen LogP contribution in [0.25, 0.3) is 5.65 Å². The number of benzene rings is 1.